The van der Waals surface area contributed by atoms with Gasteiger partial charge in [0, 0.05) is 18.0 Å². The number of pyridine rings is 1. The predicted octanol–water partition coefficient (Wildman–Crippen LogP) is 2.68. The molecule has 5 nitrogen and oxygen atoms in total. The first-order valence-electron chi connectivity index (χ1n) is 6.26. The van der Waals surface area contributed by atoms with Gasteiger partial charge in [0.15, 0.2) is 6.61 Å². The molecule has 0 aliphatic carbocycles. The van der Waals surface area contributed by atoms with Gasteiger partial charge in [-0.05, 0) is 46.6 Å². The molecule has 21 heavy (non-hydrogen) atoms. The third-order valence-corrected chi connectivity index (χ3v) is 3.15. The second kappa shape index (κ2) is 7.54. The average molecular weight is 348 g/mol. The number of nitrogens with one attached hydrogen (secondary N) is 1. The summed E-state index contributed by atoms with van der Waals surface area (Å²) in [5, 5.41) is 3.83. The summed E-state index contributed by atoms with van der Waals surface area (Å²) in [4.78, 5) is 15.5. The number of hydrogen-bond acceptors (Lipinski definition) is 4. The Morgan fingerprint density at radius 1 is 1.48 bits per heavy atom. The number of benzene rings is 1. The monoisotopic (exact) mass is 347 g/mol. The average Bonchev–Trinajstić information content (AvgIpc) is 2.47. The number of aryl methyl sites for hydroxylation is 1. The number of aromatic nitrogens is 1. The third-order valence-electron chi connectivity index (χ3n) is 2.53. The molecular formula is C15H14BrN3O2. The SMILES string of the molecule is Cc1ccc(OCC(=O)N/N=C/c2cccnc2)c(Br)c1. The zero-order valence-corrected chi connectivity index (χ0v) is 13.0. The fourth-order valence-electron chi connectivity index (χ4n) is 1.53. The van der Waals surface area contributed by atoms with Crippen molar-refractivity contribution in [2.45, 2.75) is 6.92 Å². The van der Waals surface area contributed by atoms with Crippen LogP contribution in [0.15, 0.2) is 52.3 Å². The van der Waals surface area contributed by atoms with Crippen LogP contribution in [-0.4, -0.2) is 23.7 Å². The van der Waals surface area contributed by atoms with Crippen molar-refractivity contribution < 1.29 is 9.53 Å². The molecule has 1 heterocycles. The van der Waals surface area contributed by atoms with Crippen molar-refractivity contribution in [3.05, 3.63) is 58.3 Å². The Hall–Kier alpha value is -2.21. The van der Waals surface area contributed by atoms with Crippen LogP contribution in [0.5, 0.6) is 5.75 Å². The predicted molar refractivity (Wildman–Crippen MR) is 84.3 cm³/mol. The van der Waals surface area contributed by atoms with Gasteiger partial charge in [-0.15, -0.1) is 0 Å². The molecule has 0 bridgehead atoms. The second-order valence-electron chi connectivity index (χ2n) is 4.30. The molecule has 6 heteroatoms. The summed E-state index contributed by atoms with van der Waals surface area (Å²) in [6.45, 7) is 1.88. The Balaban J connectivity index is 1.81. The molecule has 108 valence electrons. The second-order valence-corrected chi connectivity index (χ2v) is 5.16. The summed E-state index contributed by atoms with van der Waals surface area (Å²) >= 11 is 3.39. The van der Waals surface area contributed by atoms with Gasteiger partial charge >= 0.3 is 0 Å². The van der Waals surface area contributed by atoms with Crippen LogP contribution in [0.25, 0.3) is 0 Å². The van der Waals surface area contributed by atoms with E-state index < -0.39 is 0 Å². The molecule has 0 fully saturated rings. The first-order valence-corrected chi connectivity index (χ1v) is 7.05. The lowest BCUT2D eigenvalue weighted by Crippen LogP contribution is -2.24. The topological polar surface area (TPSA) is 63.6 Å². The maximum Gasteiger partial charge on any atom is 0.277 e. The van der Waals surface area contributed by atoms with Crippen LogP contribution < -0.4 is 10.2 Å². The lowest BCUT2D eigenvalue weighted by Gasteiger charge is -2.07. The maximum absolute atomic E-state index is 11.6. The summed E-state index contributed by atoms with van der Waals surface area (Å²) < 4.78 is 6.23. The summed E-state index contributed by atoms with van der Waals surface area (Å²) in [7, 11) is 0. The van der Waals surface area contributed by atoms with Crippen LogP contribution in [0.3, 0.4) is 0 Å². The molecule has 0 unspecified atom stereocenters. The van der Waals surface area contributed by atoms with E-state index in [2.05, 4.69) is 31.4 Å². The van der Waals surface area contributed by atoms with Crippen LogP contribution in [0.2, 0.25) is 0 Å². The van der Waals surface area contributed by atoms with Gasteiger partial charge in [-0.25, -0.2) is 5.43 Å². The van der Waals surface area contributed by atoms with Crippen molar-refractivity contribution in [1.29, 1.82) is 0 Å². The maximum atomic E-state index is 11.6. The molecule has 1 aromatic heterocycles. The van der Waals surface area contributed by atoms with Gasteiger partial charge in [-0.1, -0.05) is 12.1 Å². The largest absolute Gasteiger partial charge is 0.483 e. The van der Waals surface area contributed by atoms with E-state index in [1.165, 1.54) is 6.21 Å². The van der Waals surface area contributed by atoms with E-state index in [1.54, 1.807) is 18.5 Å². The Labute approximate surface area is 131 Å². The Bertz CT molecular complexity index is 645. The van der Waals surface area contributed by atoms with Crippen LogP contribution in [0.1, 0.15) is 11.1 Å². The highest BCUT2D eigenvalue weighted by Gasteiger charge is 2.04. The van der Waals surface area contributed by atoms with Crippen LogP contribution in [-0.2, 0) is 4.79 Å². The van der Waals surface area contributed by atoms with Gasteiger partial charge in [0.1, 0.15) is 5.75 Å². The first-order chi connectivity index (χ1) is 10.1. The van der Waals surface area contributed by atoms with E-state index in [9.17, 15) is 4.79 Å². The molecule has 0 saturated heterocycles. The number of carbonyl (C=O) groups is 1. The van der Waals surface area contributed by atoms with Gasteiger partial charge in [0.05, 0.1) is 10.7 Å². The molecule has 1 N–H and O–H groups in total. The molecule has 2 rings (SSSR count). The number of rotatable bonds is 5. The minimum atomic E-state index is -0.331. The molecule has 0 aliphatic rings. The van der Waals surface area contributed by atoms with Crippen LogP contribution in [0.4, 0.5) is 0 Å². The third kappa shape index (κ3) is 5.00. The molecular weight excluding hydrogens is 334 g/mol. The highest BCUT2D eigenvalue weighted by molar-refractivity contribution is 9.10. The lowest BCUT2D eigenvalue weighted by molar-refractivity contribution is -0.123. The zero-order valence-electron chi connectivity index (χ0n) is 11.4. The van der Waals surface area contributed by atoms with Crippen LogP contribution in [0, 0.1) is 6.92 Å². The van der Waals surface area contributed by atoms with Crippen molar-refractivity contribution >= 4 is 28.1 Å². The molecule has 2 aromatic rings. The van der Waals surface area contributed by atoms with Gasteiger partial charge in [0.2, 0.25) is 0 Å². The van der Waals surface area contributed by atoms with Crippen molar-refractivity contribution in [2.75, 3.05) is 6.61 Å². The first kappa shape index (κ1) is 15.2. The van der Waals surface area contributed by atoms with Gasteiger partial charge in [-0.3, -0.25) is 9.78 Å². The number of halogens is 1. The van der Waals surface area contributed by atoms with E-state index in [4.69, 9.17) is 4.74 Å². The molecule has 0 saturated carbocycles. The summed E-state index contributed by atoms with van der Waals surface area (Å²) in [6.07, 6.45) is 4.84. The number of hydrogen-bond donors (Lipinski definition) is 1. The Morgan fingerprint density at radius 2 is 2.33 bits per heavy atom. The zero-order chi connectivity index (χ0) is 15.1. The molecule has 0 spiro atoms. The van der Waals surface area contributed by atoms with Crippen molar-refractivity contribution in [3.63, 3.8) is 0 Å². The van der Waals surface area contributed by atoms with Gasteiger partial charge in [0.25, 0.3) is 5.91 Å². The van der Waals surface area contributed by atoms with Crippen LogP contribution >= 0.6 is 15.9 Å². The van der Waals surface area contributed by atoms with E-state index in [0.29, 0.717) is 5.75 Å². The Kier molecular flexibility index (Phi) is 5.45. The standard InChI is InChI=1S/C15H14BrN3O2/c1-11-4-5-14(13(16)7-11)21-10-15(20)19-18-9-12-3-2-6-17-8-12/h2-9H,10H2,1H3,(H,19,20)/b18-9+. The summed E-state index contributed by atoms with van der Waals surface area (Å²) in [5.74, 6) is 0.287. The molecule has 1 amide bonds. The number of ether oxygens (including phenoxy) is 1. The Morgan fingerprint density at radius 3 is 3.05 bits per heavy atom. The van der Waals surface area contributed by atoms with Gasteiger partial charge < -0.3 is 4.74 Å². The normalized spacial score (nSPS) is 10.6. The fraction of sp³-hybridized carbons (Fsp3) is 0.133. The van der Waals surface area contributed by atoms with Crippen molar-refractivity contribution in [1.82, 2.24) is 10.4 Å². The molecule has 0 aliphatic heterocycles. The minimum Gasteiger partial charge on any atom is -0.483 e. The number of nitrogens with zero attached hydrogens (tertiary/aromatic N) is 2. The minimum absolute atomic E-state index is 0.105. The van der Waals surface area contributed by atoms with Crippen molar-refractivity contribution in [3.8, 4) is 5.75 Å². The molecule has 0 atom stereocenters. The van der Waals surface area contributed by atoms with E-state index in [0.717, 1.165) is 15.6 Å². The summed E-state index contributed by atoms with van der Waals surface area (Å²) in [5.41, 5.74) is 4.31. The number of carbonyl (C=O) groups excluding carboxylic acids is 1. The van der Waals surface area contributed by atoms with E-state index >= 15 is 0 Å². The number of hydrazone groups is 1. The lowest BCUT2D eigenvalue weighted by atomic mass is 10.2. The summed E-state index contributed by atoms with van der Waals surface area (Å²) in [6, 6.07) is 9.28. The smallest absolute Gasteiger partial charge is 0.277 e. The highest BCUT2D eigenvalue weighted by Crippen LogP contribution is 2.25. The molecule has 0 radical (unpaired) electrons. The van der Waals surface area contributed by atoms with Gasteiger partial charge in [-0.2, -0.15) is 5.10 Å². The molecule has 1 aromatic carbocycles. The quantitative estimate of drug-likeness (QED) is 0.668. The fourth-order valence-corrected chi connectivity index (χ4v) is 2.14. The number of amides is 1. The van der Waals surface area contributed by atoms with E-state index in [-0.39, 0.29) is 12.5 Å². The van der Waals surface area contributed by atoms with E-state index in [1.807, 2.05) is 31.2 Å². The van der Waals surface area contributed by atoms with Crippen molar-refractivity contribution in [2.24, 2.45) is 5.10 Å². The highest BCUT2D eigenvalue weighted by atomic mass is 79.9.